The highest BCUT2D eigenvalue weighted by molar-refractivity contribution is 5.47. The molecule has 0 bridgehead atoms. The third-order valence-corrected chi connectivity index (χ3v) is 1.59. The van der Waals surface area contributed by atoms with E-state index in [4.69, 9.17) is 9.47 Å². The summed E-state index contributed by atoms with van der Waals surface area (Å²) in [6.07, 6.45) is 4.99. The Morgan fingerprint density at radius 3 is 2.50 bits per heavy atom. The molecule has 2 heteroatoms. The quantitative estimate of drug-likeness (QED) is 0.507. The Morgan fingerprint density at radius 2 is 1.79 bits per heavy atom. The predicted molar refractivity (Wildman–Crippen MR) is 57.6 cm³/mol. The predicted octanol–water partition coefficient (Wildman–Crippen LogP) is 2.83. The Balaban J connectivity index is 2.18. The summed E-state index contributed by atoms with van der Waals surface area (Å²) < 4.78 is 10.1. The molecule has 2 nitrogen and oxygen atoms in total. The summed E-state index contributed by atoms with van der Waals surface area (Å²) in [5, 5.41) is 0. The zero-order valence-corrected chi connectivity index (χ0v) is 8.06. The van der Waals surface area contributed by atoms with Crippen molar-refractivity contribution in [3.05, 3.63) is 55.0 Å². The molecule has 0 N–H and O–H groups in total. The molecule has 0 heterocycles. The maximum Gasteiger partial charge on any atom is 0.121 e. The first-order chi connectivity index (χ1) is 6.93. The van der Waals surface area contributed by atoms with Crippen molar-refractivity contribution in [1.82, 2.24) is 0 Å². The van der Waals surface area contributed by atoms with Crippen LogP contribution in [0.5, 0.6) is 0 Å². The molecule has 0 aliphatic carbocycles. The normalized spacial score (nSPS) is 10.0. The van der Waals surface area contributed by atoms with E-state index in [1.54, 1.807) is 6.26 Å². The second-order valence-electron chi connectivity index (χ2n) is 2.62. The minimum Gasteiger partial charge on any atom is -0.498 e. The average Bonchev–Trinajstić information content (AvgIpc) is 2.25. The highest BCUT2D eigenvalue weighted by atomic mass is 16.5. The van der Waals surface area contributed by atoms with Gasteiger partial charge in [-0.2, -0.15) is 0 Å². The summed E-state index contributed by atoms with van der Waals surface area (Å²) >= 11 is 0. The molecule has 0 saturated heterocycles. The van der Waals surface area contributed by atoms with Gasteiger partial charge in [-0.3, -0.25) is 0 Å². The first kappa shape index (κ1) is 10.4. The Morgan fingerprint density at radius 1 is 1.07 bits per heavy atom. The van der Waals surface area contributed by atoms with Crippen molar-refractivity contribution in [3.63, 3.8) is 0 Å². The van der Waals surface area contributed by atoms with Crippen LogP contribution in [-0.4, -0.2) is 13.2 Å². The van der Waals surface area contributed by atoms with Crippen LogP contribution in [0.1, 0.15) is 5.56 Å². The third kappa shape index (κ3) is 4.36. The van der Waals surface area contributed by atoms with E-state index in [9.17, 15) is 0 Å². The maximum atomic E-state index is 5.19. The van der Waals surface area contributed by atoms with Gasteiger partial charge >= 0.3 is 0 Å². The van der Waals surface area contributed by atoms with Crippen LogP contribution in [0, 0.1) is 0 Å². The Kier molecular flexibility index (Phi) is 5.03. The Labute approximate surface area is 84.5 Å². The smallest absolute Gasteiger partial charge is 0.121 e. The summed E-state index contributed by atoms with van der Waals surface area (Å²) in [4.78, 5) is 0. The van der Waals surface area contributed by atoms with Gasteiger partial charge in [0, 0.05) is 0 Å². The zero-order valence-electron chi connectivity index (χ0n) is 8.06. The van der Waals surface area contributed by atoms with Crippen LogP contribution in [0.4, 0.5) is 0 Å². The first-order valence-corrected chi connectivity index (χ1v) is 4.49. The average molecular weight is 190 g/mol. The molecule has 74 valence electrons. The number of ether oxygens (including phenoxy) is 2. The van der Waals surface area contributed by atoms with E-state index >= 15 is 0 Å². The van der Waals surface area contributed by atoms with Crippen molar-refractivity contribution in [2.24, 2.45) is 0 Å². The number of benzene rings is 1. The molecule has 1 aromatic rings. The van der Waals surface area contributed by atoms with E-state index in [1.165, 1.54) is 6.26 Å². The van der Waals surface area contributed by atoms with Crippen LogP contribution in [0.3, 0.4) is 0 Å². The van der Waals surface area contributed by atoms with Crippen LogP contribution in [0.2, 0.25) is 0 Å². The van der Waals surface area contributed by atoms with Crippen LogP contribution in [0.15, 0.2) is 49.4 Å². The minimum absolute atomic E-state index is 0.530. The topological polar surface area (TPSA) is 18.5 Å². The molecular formula is C12H14O2. The summed E-state index contributed by atoms with van der Waals surface area (Å²) in [6, 6.07) is 9.98. The fourth-order valence-electron chi connectivity index (χ4n) is 0.938. The van der Waals surface area contributed by atoms with Crippen LogP contribution in [0.25, 0.3) is 6.08 Å². The lowest BCUT2D eigenvalue weighted by atomic mass is 10.2. The van der Waals surface area contributed by atoms with Crippen molar-refractivity contribution in [1.29, 1.82) is 0 Å². The van der Waals surface area contributed by atoms with Crippen molar-refractivity contribution in [2.75, 3.05) is 13.2 Å². The molecule has 0 spiro atoms. The monoisotopic (exact) mass is 190 g/mol. The van der Waals surface area contributed by atoms with Gasteiger partial charge in [0.15, 0.2) is 0 Å². The lowest BCUT2D eigenvalue weighted by Crippen LogP contribution is -1.95. The Hall–Kier alpha value is -1.70. The van der Waals surface area contributed by atoms with Gasteiger partial charge in [-0.15, -0.1) is 0 Å². The van der Waals surface area contributed by atoms with Gasteiger partial charge < -0.3 is 9.47 Å². The molecule has 14 heavy (non-hydrogen) atoms. The lowest BCUT2D eigenvalue weighted by molar-refractivity contribution is 0.151. The van der Waals surface area contributed by atoms with Crippen LogP contribution in [-0.2, 0) is 9.47 Å². The summed E-state index contributed by atoms with van der Waals surface area (Å²) in [6.45, 7) is 4.50. The van der Waals surface area contributed by atoms with E-state index in [1.807, 2.05) is 36.4 Å². The van der Waals surface area contributed by atoms with Crippen molar-refractivity contribution in [3.8, 4) is 0 Å². The van der Waals surface area contributed by atoms with Gasteiger partial charge in [-0.25, -0.2) is 0 Å². The molecule has 0 aliphatic heterocycles. The highest BCUT2D eigenvalue weighted by Gasteiger charge is 1.83. The van der Waals surface area contributed by atoms with Crippen molar-refractivity contribution >= 4 is 6.08 Å². The number of hydrogen-bond acceptors (Lipinski definition) is 2. The summed E-state index contributed by atoms with van der Waals surface area (Å²) in [5.74, 6) is 0. The molecular weight excluding hydrogens is 176 g/mol. The van der Waals surface area contributed by atoms with E-state index in [0.717, 1.165) is 5.56 Å². The molecule has 0 atom stereocenters. The van der Waals surface area contributed by atoms with Crippen molar-refractivity contribution < 1.29 is 9.47 Å². The zero-order chi connectivity index (χ0) is 10.1. The fourth-order valence-corrected chi connectivity index (χ4v) is 0.938. The van der Waals surface area contributed by atoms with Gasteiger partial charge in [0.25, 0.3) is 0 Å². The first-order valence-electron chi connectivity index (χ1n) is 4.49. The number of hydrogen-bond donors (Lipinski definition) is 0. The van der Waals surface area contributed by atoms with Crippen molar-refractivity contribution in [2.45, 2.75) is 0 Å². The van der Waals surface area contributed by atoms with E-state index in [0.29, 0.717) is 13.2 Å². The van der Waals surface area contributed by atoms with Gasteiger partial charge in [-0.05, 0) is 11.6 Å². The SMILES string of the molecule is C=COCCOC=Cc1ccccc1. The standard InChI is InChI=1S/C12H14O2/c1-2-13-10-11-14-9-8-12-6-4-3-5-7-12/h2-9H,1,10-11H2. The second kappa shape index (κ2) is 6.78. The minimum atomic E-state index is 0.530. The Bertz CT molecular complexity index is 278. The number of rotatable bonds is 6. The van der Waals surface area contributed by atoms with Gasteiger partial charge in [0.2, 0.25) is 0 Å². The summed E-state index contributed by atoms with van der Waals surface area (Å²) in [7, 11) is 0. The molecule has 1 rings (SSSR count). The molecule has 0 aromatic heterocycles. The second-order valence-corrected chi connectivity index (χ2v) is 2.62. The molecule has 0 fully saturated rings. The molecule has 0 saturated carbocycles. The van der Waals surface area contributed by atoms with E-state index < -0.39 is 0 Å². The maximum absolute atomic E-state index is 5.19. The molecule has 1 aromatic carbocycles. The van der Waals surface area contributed by atoms with Crippen LogP contribution < -0.4 is 0 Å². The fraction of sp³-hybridized carbons (Fsp3) is 0.167. The highest BCUT2D eigenvalue weighted by Crippen LogP contribution is 2.00. The lowest BCUT2D eigenvalue weighted by Gasteiger charge is -1.99. The third-order valence-electron chi connectivity index (χ3n) is 1.59. The largest absolute Gasteiger partial charge is 0.498 e. The molecule has 0 aliphatic rings. The van der Waals surface area contributed by atoms with Gasteiger partial charge in [-0.1, -0.05) is 36.9 Å². The molecule has 0 amide bonds. The van der Waals surface area contributed by atoms with Gasteiger partial charge in [0.1, 0.15) is 13.2 Å². The van der Waals surface area contributed by atoms with Gasteiger partial charge in [0.05, 0.1) is 12.5 Å². The molecule has 0 radical (unpaired) electrons. The van der Waals surface area contributed by atoms with E-state index in [2.05, 4.69) is 6.58 Å². The van der Waals surface area contributed by atoms with E-state index in [-0.39, 0.29) is 0 Å². The van der Waals surface area contributed by atoms with Crippen LogP contribution >= 0.6 is 0 Å². The molecule has 0 unspecified atom stereocenters. The summed E-state index contributed by atoms with van der Waals surface area (Å²) in [5.41, 5.74) is 1.12.